The Balaban J connectivity index is 2.21. The maximum atomic E-state index is 11.2. The maximum absolute atomic E-state index is 11.2. The van der Waals surface area contributed by atoms with E-state index < -0.39 is 12.0 Å². The fourth-order valence-electron chi connectivity index (χ4n) is 1.44. The van der Waals surface area contributed by atoms with E-state index in [-0.39, 0.29) is 11.3 Å². The molecule has 2 aliphatic heterocycles. The molecule has 2 rings (SSSR count). The highest BCUT2D eigenvalue weighted by molar-refractivity contribution is 8.24. The summed E-state index contributed by atoms with van der Waals surface area (Å²) >= 11 is 6.40. The van der Waals surface area contributed by atoms with E-state index in [0.717, 1.165) is 0 Å². The zero-order valence-electron chi connectivity index (χ0n) is 6.85. The molecule has 0 radical (unpaired) electrons. The van der Waals surface area contributed by atoms with Crippen LogP contribution in [0.1, 0.15) is 6.42 Å². The van der Waals surface area contributed by atoms with Crippen LogP contribution in [-0.2, 0) is 14.3 Å². The van der Waals surface area contributed by atoms with Gasteiger partial charge in [0.1, 0.15) is 0 Å². The Labute approximate surface area is 84.6 Å². The van der Waals surface area contributed by atoms with Gasteiger partial charge in [0, 0.05) is 0 Å². The van der Waals surface area contributed by atoms with E-state index in [1.165, 1.54) is 23.8 Å². The summed E-state index contributed by atoms with van der Waals surface area (Å²) in [5.74, 6) is -0.458. The third-order valence-corrected chi connectivity index (χ3v) is 3.76. The lowest BCUT2D eigenvalue weighted by Crippen LogP contribution is -2.54. The van der Waals surface area contributed by atoms with Crippen molar-refractivity contribution < 1.29 is 14.3 Å². The average Bonchev–Trinajstić information content (AvgIpc) is 2.36. The van der Waals surface area contributed by atoms with Crippen LogP contribution in [0.4, 0.5) is 0 Å². The summed E-state index contributed by atoms with van der Waals surface area (Å²) in [6.45, 7) is 0. The van der Waals surface area contributed by atoms with Crippen LogP contribution >= 0.6 is 24.0 Å². The minimum atomic E-state index is -0.628. The third kappa shape index (κ3) is 1.16. The van der Waals surface area contributed by atoms with Gasteiger partial charge in [0.2, 0.25) is 5.91 Å². The number of amides is 1. The summed E-state index contributed by atoms with van der Waals surface area (Å²) in [4.78, 5) is 23.9. The fraction of sp³-hybridized carbons (Fsp3) is 0.571. The zero-order valence-corrected chi connectivity index (χ0v) is 8.48. The second-order valence-corrected chi connectivity index (χ2v) is 4.74. The Kier molecular flexibility index (Phi) is 2.03. The molecule has 0 aromatic heterocycles. The lowest BCUT2D eigenvalue weighted by molar-refractivity contribution is -0.155. The lowest BCUT2D eigenvalue weighted by Gasteiger charge is -2.35. The molecule has 0 aromatic rings. The van der Waals surface area contributed by atoms with E-state index >= 15 is 0 Å². The summed E-state index contributed by atoms with van der Waals surface area (Å²) in [6.07, 6.45) is 0.484. The third-order valence-electron chi connectivity index (χ3n) is 2.13. The summed E-state index contributed by atoms with van der Waals surface area (Å²) in [5.41, 5.74) is 0. The van der Waals surface area contributed by atoms with Crippen LogP contribution in [0.25, 0.3) is 0 Å². The molecule has 70 valence electrons. The van der Waals surface area contributed by atoms with E-state index in [0.29, 0.717) is 10.6 Å². The molecule has 2 fully saturated rings. The first-order valence-electron chi connectivity index (χ1n) is 3.74. The number of thioether (sulfide) groups is 1. The smallest absolute Gasteiger partial charge is 0.334 e. The van der Waals surface area contributed by atoms with Gasteiger partial charge in [-0.3, -0.25) is 4.79 Å². The molecule has 13 heavy (non-hydrogen) atoms. The normalized spacial score (nSPS) is 31.3. The SMILES string of the molecule is COC(=O)C1C(=S)SC2CC(=O)N21. The predicted octanol–water partition coefficient (Wildman–Crippen LogP) is 0.161. The van der Waals surface area contributed by atoms with Crippen LogP contribution in [0, 0.1) is 0 Å². The van der Waals surface area contributed by atoms with Gasteiger partial charge >= 0.3 is 5.97 Å². The van der Waals surface area contributed by atoms with Crippen LogP contribution in [-0.4, -0.2) is 39.5 Å². The molecule has 6 heteroatoms. The second kappa shape index (κ2) is 2.95. The van der Waals surface area contributed by atoms with Crippen molar-refractivity contribution in [3.63, 3.8) is 0 Å². The van der Waals surface area contributed by atoms with Gasteiger partial charge in [-0.2, -0.15) is 0 Å². The summed E-state index contributed by atoms with van der Waals surface area (Å²) < 4.78 is 5.12. The van der Waals surface area contributed by atoms with Gasteiger partial charge in [0.15, 0.2) is 6.04 Å². The number of thiocarbonyl (C=S) groups is 1. The molecule has 2 heterocycles. The van der Waals surface area contributed by atoms with Crippen molar-refractivity contribution in [2.45, 2.75) is 17.8 Å². The molecule has 2 unspecified atom stereocenters. The first-order valence-corrected chi connectivity index (χ1v) is 5.03. The lowest BCUT2D eigenvalue weighted by atomic mass is 10.1. The molecule has 0 N–H and O–H groups in total. The monoisotopic (exact) mass is 217 g/mol. The summed E-state index contributed by atoms with van der Waals surface area (Å²) in [5, 5.41) is 0.0732. The molecule has 0 saturated carbocycles. The standard InChI is InChI=1S/C7H7NO3S2/c1-11-6(10)5-7(12)13-4-2-3(9)8(4)5/h4-5H,2H2,1H3. The number of β-lactam (4-membered cyclic amide) rings is 1. The number of rotatable bonds is 1. The van der Waals surface area contributed by atoms with E-state index in [1.807, 2.05) is 0 Å². The fourth-order valence-corrected chi connectivity index (χ4v) is 3.17. The van der Waals surface area contributed by atoms with Crippen LogP contribution in [0.3, 0.4) is 0 Å². The van der Waals surface area contributed by atoms with Crippen molar-refractivity contribution in [1.82, 2.24) is 4.90 Å². The number of hydrogen-bond acceptors (Lipinski definition) is 5. The minimum Gasteiger partial charge on any atom is -0.467 e. The quantitative estimate of drug-likeness (QED) is 0.356. The Bertz CT molecular complexity index is 296. The first kappa shape index (κ1) is 8.96. The van der Waals surface area contributed by atoms with Gasteiger partial charge < -0.3 is 9.64 Å². The van der Waals surface area contributed by atoms with Gasteiger partial charge in [-0.1, -0.05) is 24.0 Å². The van der Waals surface area contributed by atoms with E-state index in [9.17, 15) is 9.59 Å². The molecule has 2 saturated heterocycles. The maximum Gasteiger partial charge on any atom is 0.334 e. The largest absolute Gasteiger partial charge is 0.467 e. The number of esters is 1. The Morgan fingerprint density at radius 3 is 3.00 bits per heavy atom. The summed E-state index contributed by atoms with van der Waals surface area (Å²) in [7, 11) is 1.30. The van der Waals surface area contributed by atoms with Crippen molar-refractivity contribution in [2.75, 3.05) is 7.11 Å². The zero-order chi connectivity index (χ0) is 9.59. The van der Waals surface area contributed by atoms with Gasteiger partial charge in [-0.05, 0) is 0 Å². The van der Waals surface area contributed by atoms with Crippen molar-refractivity contribution in [3.05, 3.63) is 0 Å². The van der Waals surface area contributed by atoms with Crippen molar-refractivity contribution in [3.8, 4) is 0 Å². The number of methoxy groups -OCH3 is 1. The van der Waals surface area contributed by atoms with Crippen molar-refractivity contribution >= 4 is 40.1 Å². The van der Waals surface area contributed by atoms with Crippen LogP contribution in [0.5, 0.6) is 0 Å². The van der Waals surface area contributed by atoms with Crippen LogP contribution in [0.15, 0.2) is 0 Å². The van der Waals surface area contributed by atoms with Crippen LogP contribution in [0.2, 0.25) is 0 Å². The highest BCUT2D eigenvalue weighted by Crippen LogP contribution is 2.41. The molecular formula is C7H7NO3S2. The van der Waals surface area contributed by atoms with E-state index in [2.05, 4.69) is 4.74 Å². The molecule has 0 aliphatic carbocycles. The van der Waals surface area contributed by atoms with Gasteiger partial charge in [-0.25, -0.2) is 4.79 Å². The second-order valence-electron chi connectivity index (χ2n) is 2.82. The topological polar surface area (TPSA) is 46.6 Å². The van der Waals surface area contributed by atoms with Gasteiger partial charge in [-0.15, -0.1) is 0 Å². The average molecular weight is 217 g/mol. The van der Waals surface area contributed by atoms with Crippen molar-refractivity contribution in [2.24, 2.45) is 0 Å². The predicted molar refractivity (Wildman–Crippen MR) is 51.2 cm³/mol. The van der Waals surface area contributed by atoms with E-state index in [4.69, 9.17) is 12.2 Å². The molecule has 0 aromatic carbocycles. The van der Waals surface area contributed by atoms with Gasteiger partial charge in [0.25, 0.3) is 0 Å². The van der Waals surface area contributed by atoms with E-state index in [1.54, 1.807) is 0 Å². The summed E-state index contributed by atoms with van der Waals surface area (Å²) in [6, 6.07) is -0.628. The molecule has 0 bridgehead atoms. The molecule has 4 nitrogen and oxygen atoms in total. The number of ether oxygens (including phenoxy) is 1. The molecule has 2 aliphatic rings. The van der Waals surface area contributed by atoms with Gasteiger partial charge in [0.05, 0.1) is 23.1 Å². The minimum absolute atomic E-state index is 0.0206. The van der Waals surface area contributed by atoms with Crippen LogP contribution < -0.4 is 0 Å². The highest BCUT2D eigenvalue weighted by Gasteiger charge is 2.52. The number of carbonyl (C=O) groups excluding carboxylic acids is 2. The Morgan fingerprint density at radius 2 is 2.46 bits per heavy atom. The van der Waals surface area contributed by atoms with Crippen molar-refractivity contribution in [1.29, 1.82) is 0 Å². The number of nitrogens with zero attached hydrogens (tertiary/aromatic N) is 1. The highest BCUT2D eigenvalue weighted by atomic mass is 32.2. The first-order chi connectivity index (χ1) is 6.15. The Morgan fingerprint density at radius 1 is 1.77 bits per heavy atom. The number of fused-ring (bicyclic) bond motifs is 1. The molecule has 1 amide bonds. The molecular weight excluding hydrogens is 210 g/mol. The molecule has 2 atom stereocenters. The number of hydrogen-bond donors (Lipinski definition) is 0. The molecule has 0 spiro atoms. The Hall–Kier alpha value is -0.620. The number of carbonyl (C=O) groups is 2.